The third-order valence-corrected chi connectivity index (χ3v) is 1.21. The molecular formula is C4H4O5. The van der Waals surface area contributed by atoms with Crippen molar-refractivity contribution in [2.75, 3.05) is 0 Å². The van der Waals surface area contributed by atoms with Crippen molar-refractivity contribution in [1.29, 1.82) is 0 Å². The second kappa shape index (κ2) is 1.32. The Morgan fingerprint density at radius 3 is 2.33 bits per heavy atom. The number of rotatable bonds is 0. The molecule has 50 valence electrons. The Bertz CT molecular complexity index is 160. The van der Waals surface area contributed by atoms with E-state index in [0.717, 1.165) is 0 Å². The van der Waals surface area contributed by atoms with Crippen LogP contribution in [0, 0.1) is 0 Å². The molecule has 0 aromatic carbocycles. The molecule has 5 heteroatoms. The molecule has 0 aromatic heterocycles. The minimum atomic E-state index is -1.49. The molecule has 2 rings (SSSR count). The van der Waals surface area contributed by atoms with Gasteiger partial charge in [0.2, 0.25) is 0 Å². The van der Waals surface area contributed by atoms with Gasteiger partial charge in [-0.2, -0.15) is 14.7 Å². The molecule has 0 bridgehead atoms. The third-order valence-electron chi connectivity index (χ3n) is 1.21. The highest BCUT2D eigenvalue weighted by Crippen LogP contribution is 2.38. The zero-order valence-electron chi connectivity index (χ0n) is 4.62. The van der Waals surface area contributed by atoms with Crippen LogP contribution in [-0.2, 0) is 24.3 Å². The fourth-order valence-electron chi connectivity index (χ4n) is 0.617. The van der Waals surface area contributed by atoms with Crippen LogP contribution in [0.1, 0.15) is 6.92 Å². The molecule has 1 spiro atoms. The first-order valence-electron chi connectivity index (χ1n) is 2.50. The zero-order chi connectivity index (χ0) is 6.48. The quantitative estimate of drug-likeness (QED) is 0.329. The van der Waals surface area contributed by atoms with Crippen molar-refractivity contribution in [3.8, 4) is 0 Å². The predicted molar refractivity (Wildman–Crippen MR) is 21.5 cm³/mol. The van der Waals surface area contributed by atoms with E-state index in [-0.39, 0.29) is 5.78 Å². The topological polar surface area (TPSA) is 60.6 Å². The van der Waals surface area contributed by atoms with Gasteiger partial charge in [-0.3, -0.25) is 4.79 Å². The summed E-state index contributed by atoms with van der Waals surface area (Å²) in [6.45, 7) is 1.56. The van der Waals surface area contributed by atoms with Crippen LogP contribution >= 0.6 is 0 Å². The summed E-state index contributed by atoms with van der Waals surface area (Å²) in [5.74, 6) is -1.82. The normalized spacial score (nSPS) is 37.9. The van der Waals surface area contributed by atoms with Crippen LogP contribution in [0.3, 0.4) is 0 Å². The van der Waals surface area contributed by atoms with Crippen LogP contribution in [0.25, 0.3) is 0 Å². The molecule has 2 aliphatic heterocycles. The highest BCUT2D eigenvalue weighted by molar-refractivity contribution is 5.90. The van der Waals surface area contributed by atoms with E-state index in [9.17, 15) is 4.79 Å². The Labute approximate surface area is 50.3 Å². The second-order valence-corrected chi connectivity index (χ2v) is 1.91. The van der Waals surface area contributed by atoms with Crippen LogP contribution in [0.2, 0.25) is 0 Å². The molecule has 0 radical (unpaired) electrons. The first-order chi connectivity index (χ1) is 4.25. The number of carbonyl (C=O) groups is 1. The zero-order valence-corrected chi connectivity index (χ0v) is 4.62. The predicted octanol–water partition coefficient (Wildman–Crippen LogP) is -0.479. The monoisotopic (exact) mass is 132 g/mol. The number of Topliss-reactive ketones (excluding diaryl/α,β-unsaturated/α-hetero) is 1. The lowest BCUT2D eigenvalue weighted by Gasteiger charge is -1.87. The molecule has 2 fully saturated rings. The first kappa shape index (κ1) is 5.31. The summed E-state index contributed by atoms with van der Waals surface area (Å²) in [4.78, 5) is 28.1. The standard InChI is InChI=1S/C4H4O5/c1-2-3(5)4(7-6-2)8-9-4/h2H,1H3. The van der Waals surface area contributed by atoms with E-state index >= 15 is 0 Å². The summed E-state index contributed by atoms with van der Waals surface area (Å²) < 4.78 is 0. The molecule has 5 nitrogen and oxygen atoms in total. The summed E-state index contributed by atoms with van der Waals surface area (Å²) >= 11 is 0. The van der Waals surface area contributed by atoms with Crippen LogP contribution in [0.5, 0.6) is 0 Å². The number of ketones is 1. The van der Waals surface area contributed by atoms with E-state index in [0.29, 0.717) is 0 Å². The van der Waals surface area contributed by atoms with Crippen molar-refractivity contribution in [3.05, 3.63) is 0 Å². The minimum absolute atomic E-state index is 0.331. The SMILES string of the molecule is CC1OOC2(OO2)C1=O. The molecule has 0 amide bonds. The summed E-state index contributed by atoms with van der Waals surface area (Å²) in [5, 5.41) is 0. The van der Waals surface area contributed by atoms with Crippen molar-refractivity contribution in [2.24, 2.45) is 0 Å². The van der Waals surface area contributed by atoms with Crippen LogP contribution in [0.15, 0.2) is 0 Å². The summed E-state index contributed by atoms with van der Waals surface area (Å²) in [7, 11) is 0. The molecule has 2 saturated heterocycles. The second-order valence-electron chi connectivity index (χ2n) is 1.91. The van der Waals surface area contributed by atoms with Gasteiger partial charge >= 0.3 is 5.97 Å². The fraction of sp³-hybridized carbons (Fsp3) is 0.750. The van der Waals surface area contributed by atoms with Gasteiger partial charge in [0.25, 0.3) is 5.78 Å². The Balaban J connectivity index is 2.22. The summed E-state index contributed by atoms with van der Waals surface area (Å²) in [5.41, 5.74) is 0. The van der Waals surface area contributed by atoms with Gasteiger partial charge in [-0.05, 0) is 6.92 Å². The lowest BCUT2D eigenvalue weighted by molar-refractivity contribution is -0.326. The maximum Gasteiger partial charge on any atom is 0.428 e. The van der Waals surface area contributed by atoms with Gasteiger partial charge in [-0.15, -0.1) is 0 Å². The fourth-order valence-corrected chi connectivity index (χ4v) is 0.617. The Hall–Kier alpha value is -0.490. The van der Waals surface area contributed by atoms with Gasteiger partial charge in [0.1, 0.15) is 0 Å². The van der Waals surface area contributed by atoms with E-state index in [1.807, 2.05) is 0 Å². The van der Waals surface area contributed by atoms with Crippen molar-refractivity contribution in [2.45, 2.75) is 19.0 Å². The maximum atomic E-state index is 10.8. The number of carbonyl (C=O) groups excluding carboxylic acids is 1. The van der Waals surface area contributed by atoms with E-state index < -0.39 is 12.1 Å². The van der Waals surface area contributed by atoms with E-state index in [4.69, 9.17) is 0 Å². The molecule has 0 aromatic rings. The highest BCUT2D eigenvalue weighted by Gasteiger charge is 2.66. The van der Waals surface area contributed by atoms with Crippen molar-refractivity contribution in [3.63, 3.8) is 0 Å². The molecule has 0 saturated carbocycles. The Kier molecular flexibility index (Phi) is 0.780. The first-order valence-corrected chi connectivity index (χ1v) is 2.50. The van der Waals surface area contributed by atoms with Crippen LogP contribution < -0.4 is 0 Å². The van der Waals surface area contributed by atoms with Gasteiger partial charge < -0.3 is 0 Å². The van der Waals surface area contributed by atoms with Gasteiger partial charge in [-0.1, -0.05) is 0 Å². The summed E-state index contributed by atoms with van der Waals surface area (Å²) in [6, 6.07) is 0. The summed E-state index contributed by atoms with van der Waals surface area (Å²) in [6.07, 6.45) is -0.590. The number of hydrogen-bond acceptors (Lipinski definition) is 5. The Morgan fingerprint density at radius 1 is 1.44 bits per heavy atom. The number of hydrogen-bond donors (Lipinski definition) is 0. The van der Waals surface area contributed by atoms with Crippen LogP contribution in [-0.4, -0.2) is 17.9 Å². The van der Waals surface area contributed by atoms with Gasteiger partial charge in [0, 0.05) is 0 Å². The molecule has 1 atom stereocenters. The van der Waals surface area contributed by atoms with Gasteiger partial charge in [-0.25, -0.2) is 4.89 Å². The van der Waals surface area contributed by atoms with Crippen LogP contribution in [0.4, 0.5) is 0 Å². The average molecular weight is 132 g/mol. The van der Waals surface area contributed by atoms with E-state index in [1.165, 1.54) is 0 Å². The lowest BCUT2D eigenvalue weighted by atomic mass is 10.2. The van der Waals surface area contributed by atoms with Crippen molar-refractivity contribution in [1.82, 2.24) is 0 Å². The smallest absolute Gasteiger partial charge is 0.287 e. The molecule has 1 unspecified atom stereocenters. The van der Waals surface area contributed by atoms with E-state index in [1.54, 1.807) is 6.92 Å². The molecule has 0 aliphatic carbocycles. The third kappa shape index (κ3) is 0.542. The highest BCUT2D eigenvalue weighted by atomic mass is 17.5. The molecule has 0 N–H and O–H groups in total. The van der Waals surface area contributed by atoms with Crippen molar-refractivity contribution < 1.29 is 24.3 Å². The van der Waals surface area contributed by atoms with E-state index in [2.05, 4.69) is 19.6 Å². The minimum Gasteiger partial charge on any atom is -0.287 e. The van der Waals surface area contributed by atoms with Crippen molar-refractivity contribution >= 4 is 5.78 Å². The maximum absolute atomic E-state index is 10.8. The molecule has 2 aliphatic rings. The largest absolute Gasteiger partial charge is 0.428 e. The molecular weight excluding hydrogens is 128 g/mol. The van der Waals surface area contributed by atoms with Gasteiger partial charge in [0.15, 0.2) is 6.10 Å². The lowest BCUT2D eigenvalue weighted by Crippen LogP contribution is -2.23. The Morgan fingerprint density at radius 2 is 2.11 bits per heavy atom. The molecule has 2 heterocycles. The average Bonchev–Trinajstić information content (AvgIpc) is 2.57. The van der Waals surface area contributed by atoms with Gasteiger partial charge in [0.05, 0.1) is 0 Å². The molecule has 9 heavy (non-hydrogen) atoms.